The Kier molecular flexibility index (Phi) is 1.65. The smallest absolute Gasteiger partial charge is 0.130 e. The van der Waals surface area contributed by atoms with Gasteiger partial charge in [-0.1, -0.05) is 19.1 Å². The molecule has 0 bridgehead atoms. The molecular formula is C11H12O. The molecule has 0 radical (unpaired) electrons. The molecule has 0 N–H and O–H groups in total. The maximum absolute atomic E-state index is 5.39. The standard InChI is InChI=1S/C11H12O/c1-8-4-3-5-10-11(8)9(2)6-7-12-10/h3-8H,1-2H3. The molecule has 0 saturated heterocycles. The Hall–Kier alpha value is -1.24. The summed E-state index contributed by atoms with van der Waals surface area (Å²) in [6, 6.07) is 0. The Balaban J connectivity index is 2.50. The summed E-state index contributed by atoms with van der Waals surface area (Å²) in [7, 11) is 0. The highest BCUT2D eigenvalue weighted by molar-refractivity contribution is 5.45. The summed E-state index contributed by atoms with van der Waals surface area (Å²) in [6.07, 6.45) is 10.0. The van der Waals surface area contributed by atoms with Gasteiger partial charge in [0, 0.05) is 11.5 Å². The number of hydrogen-bond donors (Lipinski definition) is 0. The Labute approximate surface area is 72.7 Å². The third-order valence-electron chi connectivity index (χ3n) is 2.31. The van der Waals surface area contributed by atoms with Gasteiger partial charge in [0.05, 0.1) is 6.26 Å². The van der Waals surface area contributed by atoms with E-state index in [0.29, 0.717) is 5.92 Å². The Morgan fingerprint density at radius 1 is 1.42 bits per heavy atom. The first-order chi connectivity index (χ1) is 5.79. The lowest BCUT2D eigenvalue weighted by Gasteiger charge is -2.23. The first-order valence-electron chi connectivity index (χ1n) is 4.22. The van der Waals surface area contributed by atoms with Gasteiger partial charge in [0.25, 0.3) is 0 Å². The molecule has 0 aromatic carbocycles. The molecule has 2 rings (SSSR count). The van der Waals surface area contributed by atoms with Crippen molar-refractivity contribution in [1.82, 2.24) is 0 Å². The van der Waals surface area contributed by atoms with Crippen LogP contribution in [-0.4, -0.2) is 0 Å². The van der Waals surface area contributed by atoms with Crippen molar-refractivity contribution >= 4 is 0 Å². The molecule has 1 heteroatoms. The van der Waals surface area contributed by atoms with Crippen molar-refractivity contribution in [3.63, 3.8) is 0 Å². The number of fused-ring (bicyclic) bond motifs is 1. The summed E-state index contributed by atoms with van der Waals surface area (Å²) in [5.41, 5.74) is 2.63. The van der Waals surface area contributed by atoms with Gasteiger partial charge in [-0.25, -0.2) is 0 Å². The lowest BCUT2D eigenvalue weighted by atomic mass is 9.90. The second-order valence-corrected chi connectivity index (χ2v) is 3.22. The van der Waals surface area contributed by atoms with Crippen LogP contribution in [0.2, 0.25) is 0 Å². The van der Waals surface area contributed by atoms with E-state index in [4.69, 9.17) is 4.74 Å². The van der Waals surface area contributed by atoms with Gasteiger partial charge in [0.15, 0.2) is 0 Å². The number of hydrogen-bond acceptors (Lipinski definition) is 1. The van der Waals surface area contributed by atoms with E-state index in [-0.39, 0.29) is 0 Å². The summed E-state index contributed by atoms with van der Waals surface area (Å²) in [4.78, 5) is 0. The van der Waals surface area contributed by atoms with E-state index in [1.807, 2.05) is 12.2 Å². The van der Waals surface area contributed by atoms with Crippen LogP contribution in [0.3, 0.4) is 0 Å². The van der Waals surface area contributed by atoms with Crippen LogP contribution in [0, 0.1) is 5.92 Å². The van der Waals surface area contributed by atoms with Gasteiger partial charge < -0.3 is 4.74 Å². The van der Waals surface area contributed by atoms with Gasteiger partial charge in [0.2, 0.25) is 0 Å². The van der Waals surface area contributed by atoms with E-state index in [9.17, 15) is 0 Å². The Morgan fingerprint density at radius 2 is 2.25 bits per heavy atom. The molecule has 1 aliphatic heterocycles. The Morgan fingerprint density at radius 3 is 3.00 bits per heavy atom. The predicted octanol–water partition coefficient (Wildman–Crippen LogP) is 2.94. The lowest BCUT2D eigenvalue weighted by molar-refractivity contribution is 0.346. The van der Waals surface area contributed by atoms with Gasteiger partial charge >= 0.3 is 0 Å². The monoisotopic (exact) mass is 160 g/mol. The summed E-state index contributed by atoms with van der Waals surface area (Å²) in [5, 5.41) is 0. The molecule has 0 spiro atoms. The molecule has 0 aromatic rings. The van der Waals surface area contributed by atoms with Crippen molar-refractivity contribution in [1.29, 1.82) is 0 Å². The zero-order chi connectivity index (χ0) is 8.55. The maximum atomic E-state index is 5.39. The Bertz CT molecular complexity index is 316. The summed E-state index contributed by atoms with van der Waals surface area (Å²) in [6.45, 7) is 4.31. The molecule has 1 nitrogen and oxygen atoms in total. The zero-order valence-electron chi connectivity index (χ0n) is 7.37. The molecule has 0 aromatic heterocycles. The molecule has 0 fully saturated rings. The quantitative estimate of drug-likeness (QED) is 0.529. The maximum Gasteiger partial charge on any atom is 0.130 e. The lowest BCUT2D eigenvalue weighted by Crippen LogP contribution is -2.08. The number of ether oxygens (including phenoxy) is 1. The molecule has 0 amide bonds. The van der Waals surface area contributed by atoms with Crippen LogP contribution in [0.25, 0.3) is 0 Å². The number of rotatable bonds is 0. The minimum absolute atomic E-state index is 0.481. The van der Waals surface area contributed by atoms with Crippen molar-refractivity contribution in [3.8, 4) is 0 Å². The molecule has 0 saturated carbocycles. The summed E-state index contributed by atoms with van der Waals surface area (Å²) < 4.78 is 5.39. The largest absolute Gasteiger partial charge is 0.465 e. The van der Waals surface area contributed by atoms with Gasteiger partial charge in [-0.15, -0.1) is 0 Å². The molecular weight excluding hydrogens is 148 g/mol. The van der Waals surface area contributed by atoms with Crippen LogP contribution < -0.4 is 0 Å². The third-order valence-corrected chi connectivity index (χ3v) is 2.31. The molecule has 1 aliphatic carbocycles. The van der Waals surface area contributed by atoms with Gasteiger partial charge in [-0.3, -0.25) is 0 Å². The van der Waals surface area contributed by atoms with Crippen molar-refractivity contribution in [3.05, 3.63) is 47.5 Å². The van der Waals surface area contributed by atoms with Gasteiger partial charge in [-0.05, 0) is 24.6 Å². The fourth-order valence-electron chi connectivity index (χ4n) is 1.68. The number of allylic oxidation sites excluding steroid dienone is 6. The van der Waals surface area contributed by atoms with Crippen LogP contribution in [0.1, 0.15) is 13.8 Å². The highest BCUT2D eigenvalue weighted by Crippen LogP contribution is 2.32. The molecule has 1 atom stereocenters. The SMILES string of the molecule is CC1=C2C(=CC=CC2C)OC=C1. The van der Waals surface area contributed by atoms with Crippen molar-refractivity contribution in [2.24, 2.45) is 5.92 Å². The second-order valence-electron chi connectivity index (χ2n) is 3.22. The fourth-order valence-corrected chi connectivity index (χ4v) is 1.68. The fraction of sp³-hybridized carbons (Fsp3) is 0.273. The van der Waals surface area contributed by atoms with Crippen LogP contribution in [0.5, 0.6) is 0 Å². The molecule has 12 heavy (non-hydrogen) atoms. The van der Waals surface area contributed by atoms with E-state index < -0.39 is 0 Å². The van der Waals surface area contributed by atoms with Crippen LogP contribution >= 0.6 is 0 Å². The van der Waals surface area contributed by atoms with Gasteiger partial charge in [-0.2, -0.15) is 0 Å². The molecule has 62 valence electrons. The normalized spacial score (nSPS) is 26.5. The van der Waals surface area contributed by atoms with E-state index in [0.717, 1.165) is 5.76 Å². The van der Waals surface area contributed by atoms with Crippen molar-refractivity contribution < 1.29 is 4.74 Å². The third kappa shape index (κ3) is 1.02. The minimum Gasteiger partial charge on any atom is -0.465 e. The van der Waals surface area contributed by atoms with Crippen LogP contribution in [0.4, 0.5) is 0 Å². The van der Waals surface area contributed by atoms with Gasteiger partial charge in [0.1, 0.15) is 5.76 Å². The average molecular weight is 160 g/mol. The molecule has 2 aliphatic rings. The van der Waals surface area contributed by atoms with E-state index in [1.54, 1.807) is 6.26 Å². The highest BCUT2D eigenvalue weighted by atomic mass is 16.5. The predicted molar refractivity (Wildman–Crippen MR) is 49.3 cm³/mol. The topological polar surface area (TPSA) is 9.23 Å². The molecule has 1 heterocycles. The average Bonchev–Trinajstić information content (AvgIpc) is 2.04. The van der Waals surface area contributed by atoms with Crippen molar-refractivity contribution in [2.75, 3.05) is 0 Å². The highest BCUT2D eigenvalue weighted by Gasteiger charge is 2.18. The van der Waals surface area contributed by atoms with E-state index >= 15 is 0 Å². The van der Waals surface area contributed by atoms with E-state index in [2.05, 4.69) is 26.0 Å². The van der Waals surface area contributed by atoms with E-state index in [1.165, 1.54) is 11.1 Å². The first kappa shape index (κ1) is 7.41. The minimum atomic E-state index is 0.481. The molecule has 1 unspecified atom stereocenters. The van der Waals surface area contributed by atoms with Crippen molar-refractivity contribution in [2.45, 2.75) is 13.8 Å². The van der Waals surface area contributed by atoms with Crippen LogP contribution in [0.15, 0.2) is 47.5 Å². The van der Waals surface area contributed by atoms with Crippen LogP contribution in [-0.2, 0) is 4.74 Å². The zero-order valence-corrected chi connectivity index (χ0v) is 7.37. The second kappa shape index (κ2) is 2.67. The summed E-state index contributed by atoms with van der Waals surface area (Å²) in [5.74, 6) is 1.49. The summed E-state index contributed by atoms with van der Waals surface area (Å²) >= 11 is 0. The first-order valence-corrected chi connectivity index (χ1v) is 4.22.